The minimum atomic E-state index is -4.39. The number of benzene rings is 1. The Balaban J connectivity index is 0.00000312. The largest absolute Gasteiger partial charge is 0.494 e. The Morgan fingerprint density at radius 1 is 1.36 bits per heavy atom. The van der Waals surface area contributed by atoms with Gasteiger partial charge in [0.25, 0.3) is 5.91 Å². The molecule has 1 atom stereocenters. The molecule has 0 saturated carbocycles. The van der Waals surface area contributed by atoms with Crippen molar-refractivity contribution < 1.29 is 22.7 Å². The number of alkyl halides is 3. The van der Waals surface area contributed by atoms with Crippen molar-refractivity contribution in [3.05, 3.63) is 29.8 Å². The second-order valence-electron chi connectivity index (χ2n) is 5.51. The van der Waals surface area contributed by atoms with Gasteiger partial charge in [-0.2, -0.15) is 13.2 Å². The summed E-state index contributed by atoms with van der Waals surface area (Å²) in [5, 5.41) is 5.42. The van der Waals surface area contributed by atoms with Crippen LogP contribution in [0.3, 0.4) is 0 Å². The minimum Gasteiger partial charge on any atom is -0.494 e. The number of carbonyl (C=O) groups is 1. The van der Waals surface area contributed by atoms with E-state index in [1.54, 1.807) is 18.2 Å². The Kier molecular flexibility index (Phi) is 8.47. The second kappa shape index (κ2) is 9.84. The standard InChI is InChI=1S/C16H22F3N3O2.ClH/c1-2-24-13-5-3-4-12(10-13)15(23)21-11-14(16(17,18)19)22-8-6-20-7-9-22;/h3-5,10,14,20H,2,6-9,11H2,1H3,(H,21,23);1H. The fourth-order valence-electron chi connectivity index (χ4n) is 2.63. The highest BCUT2D eigenvalue weighted by Gasteiger charge is 2.43. The van der Waals surface area contributed by atoms with E-state index in [2.05, 4.69) is 10.6 Å². The molecule has 9 heteroatoms. The molecular formula is C16H23ClF3N3O2. The van der Waals surface area contributed by atoms with Crippen LogP contribution in [0.4, 0.5) is 13.2 Å². The zero-order valence-electron chi connectivity index (χ0n) is 13.9. The Morgan fingerprint density at radius 3 is 2.64 bits per heavy atom. The van der Waals surface area contributed by atoms with E-state index < -0.39 is 24.7 Å². The van der Waals surface area contributed by atoms with Crippen molar-refractivity contribution >= 4 is 18.3 Å². The van der Waals surface area contributed by atoms with Crippen molar-refractivity contribution in [2.75, 3.05) is 39.3 Å². The zero-order valence-corrected chi connectivity index (χ0v) is 14.8. The molecule has 0 aromatic heterocycles. The molecule has 1 aliphatic heterocycles. The summed E-state index contributed by atoms with van der Waals surface area (Å²) in [6.45, 7) is 3.42. The topological polar surface area (TPSA) is 53.6 Å². The first kappa shape index (κ1) is 21.5. The van der Waals surface area contributed by atoms with Crippen molar-refractivity contribution in [2.45, 2.75) is 19.1 Å². The smallest absolute Gasteiger partial charge is 0.405 e. The zero-order chi connectivity index (χ0) is 17.6. The summed E-state index contributed by atoms with van der Waals surface area (Å²) in [6.07, 6.45) is -4.39. The van der Waals surface area contributed by atoms with Crippen molar-refractivity contribution in [1.82, 2.24) is 15.5 Å². The van der Waals surface area contributed by atoms with E-state index in [0.29, 0.717) is 38.5 Å². The molecule has 0 spiro atoms. The lowest BCUT2D eigenvalue weighted by atomic mass is 10.1. The van der Waals surface area contributed by atoms with Crippen LogP contribution in [-0.4, -0.2) is 62.4 Å². The van der Waals surface area contributed by atoms with Gasteiger partial charge in [0.15, 0.2) is 0 Å². The van der Waals surface area contributed by atoms with E-state index >= 15 is 0 Å². The third-order valence-electron chi connectivity index (χ3n) is 3.83. The van der Waals surface area contributed by atoms with Crippen molar-refractivity contribution in [2.24, 2.45) is 0 Å². The van der Waals surface area contributed by atoms with Gasteiger partial charge in [-0.1, -0.05) is 6.07 Å². The molecule has 0 bridgehead atoms. The van der Waals surface area contributed by atoms with E-state index in [9.17, 15) is 18.0 Å². The normalized spacial score (nSPS) is 16.6. The van der Waals surface area contributed by atoms with Gasteiger partial charge in [-0.15, -0.1) is 12.4 Å². The fourth-order valence-corrected chi connectivity index (χ4v) is 2.63. The molecule has 1 unspecified atom stereocenters. The Morgan fingerprint density at radius 2 is 2.04 bits per heavy atom. The van der Waals surface area contributed by atoms with Crippen molar-refractivity contribution in [3.63, 3.8) is 0 Å². The number of hydrogen-bond acceptors (Lipinski definition) is 4. The number of nitrogens with one attached hydrogen (secondary N) is 2. The first-order valence-electron chi connectivity index (χ1n) is 7.94. The minimum absolute atomic E-state index is 0. The number of halogens is 4. The van der Waals surface area contributed by atoms with Gasteiger partial charge in [-0.3, -0.25) is 9.69 Å². The molecule has 1 fully saturated rings. The molecule has 5 nitrogen and oxygen atoms in total. The maximum atomic E-state index is 13.3. The molecule has 1 saturated heterocycles. The van der Waals surface area contributed by atoms with Gasteiger partial charge in [0.2, 0.25) is 0 Å². The average molecular weight is 382 g/mol. The molecular weight excluding hydrogens is 359 g/mol. The van der Waals surface area contributed by atoms with Crippen LogP contribution in [-0.2, 0) is 0 Å². The Hall–Kier alpha value is -1.51. The van der Waals surface area contributed by atoms with Crippen LogP contribution < -0.4 is 15.4 Å². The molecule has 2 rings (SSSR count). The maximum Gasteiger partial charge on any atom is 0.405 e. The molecule has 1 heterocycles. The number of rotatable bonds is 6. The summed E-state index contributed by atoms with van der Waals surface area (Å²) < 4.78 is 45.2. The first-order valence-corrected chi connectivity index (χ1v) is 7.94. The Bertz CT molecular complexity index is 552. The van der Waals surface area contributed by atoms with Gasteiger partial charge in [0.1, 0.15) is 11.8 Å². The van der Waals surface area contributed by atoms with Gasteiger partial charge in [0.05, 0.1) is 6.61 Å². The third-order valence-corrected chi connectivity index (χ3v) is 3.83. The second-order valence-corrected chi connectivity index (χ2v) is 5.51. The monoisotopic (exact) mass is 381 g/mol. The summed E-state index contributed by atoms with van der Waals surface area (Å²) in [5.74, 6) is -0.0273. The predicted octanol–water partition coefficient (Wildman–Crippen LogP) is 2.07. The lowest BCUT2D eigenvalue weighted by Gasteiger charge is -2.35. The highest BCUT2D eigenvalue weighted by molar-refractivity contribution is 5.94. The molecule has 0 aliphatic carbocycles. The van der Waals surface area contributed by atoms with Gasteiger partial charge in [0, 0.05) is 38.3 Å². The summed E-state index contributed by atoms with van der Waals surface area (Å²) in [4.78, 5) is 13.5. The van der Waals surface area contributed by atoms with Gasteiger partial charge >= 0.3 is 6.18 Å². The molecule has 0 radical (unpaired) electrons. The average Bonchev–Trinajstić information content (AvgIpc) is 2.55. The van der Waals surface area contributed by atoms with Crippen LogP contribution in [0.2, 0.25) is 0 Å². The third kappa shape index (κ3) is 6.37. The quantitative estimate of drug-likeness (QED) is 0.792. The lowest BCUT2D eigenvalue weighted by Crippen LogP contribution is -2.57. The van der Waals surface area contributed by atoms with E-state index in [4.69, 9.17) is 4.74 Å². The van der Waals surface area contributed by atoms with Crippen LogP contribution >= 0.6 is 12.4 Å². The summed E-state index contributed by atoms with van der Waals surface area (Å²) >= 11 is 0. The van der Waals surface area contributed by atoms with E-state index in [1.807, 2.05) is 6.92 Å². The number of amides is 1. The van der Waals surface area contributed by atoms with Crippen LogP contribution in [0, 0.1) is 0 Å². The Labute approximate surface area is 151 Å². The number of hydrogen-bond donors (Lipinski definition) is 2. The summed E-state index contributed by atoms with van der Waals surface area (Å²) in [7, 11) is 0. The first-order chi connectivity index (χ1) is 11.4. The molecule has 1 aliphatic rings. The van der Waals surface area contributed by atoms with Crippen LogP contribution in [0.5, 0.6) is 5.75 Å². The van der Waals surface area contributed by atoms with Crippen LogP contribution in [0.1, 0.15) is 17.3 Å². The van der Waals surface area contributed by atoms with Crippen molar-refractivity contribution in [1.29, 1.82) is 0 Å². The molecule has 142 valence electrons. The maximum absolute atomic E-state index is 13.3. The highest BCUT2D eigenvalue weighted by atomic mass is 35.5. The summed E-state index contributed by atoms with van der Waals surface area (Å²) in [6, 6.07) is 4.72. The van der Waals surface area contributed by atoms with Gasteiger partial charge in [-0.25, -0.2) is 0 Å². The molecule has 1 aromatic rings. The van der Waals surface area contributed by atoms with E-state index in [1.165, 1.54) is 11.0 Å². The SMILES string of the molecule is CCOc1cccc(C(=O)NCC(N2CCNCC2)C(F)(F)F)c1.Cl. The number of nitrogens with zero attached hydrogens (tertiary/aromatic N) is 1. The van der Waals surface area contributed by atoms with E-state index in [0.717, 1.165) is 0 Å². The van der Waals surface area contributed by atoms with Crippen LogP contribution in [0.25, 0.3) is 0 Å². The summed E-state index contributed by atoms with van der Waals surface area (Å²) in [5.41, 5.74) is 0.280. The number of ether oxygens (including phenoxy) is 1. The lowest BCUT2D eigenvalue weighted by molar-refractivity contribution is -0.183. The van der Waals surface area contributed by atoms with Crippen LogP contribution in [0.15, 0.2) is 24.3 Å². The molecule has 1 aromatic carbocycles. The van der Waals surface area contributed by atoms with Crippen molar-refractivity contribution in [3.8, 4) is 5.75 Å². The van der Waals surface area contributed by atoms with Gasteiger partial charge < -0.3 is 15.4 Å². The van der Waals surface area contributed by atoms with E-state index in [-0.39, 0.29) is 18.0 Å². The highest BCUT2D eigenvalue weighted by Crippen LogP contribution is 2.25. The fraction of sp³-hybridized carbons (Fsp3) is 0.562. The number of piperazine rings is 1. The molecule has 1 amide bonds. The molecule has 2 N–H and O–H groups in total. The molecule has 25 heavy (non-hydrogen) atoms. The van der Waals surface area contributed by atoms with Gasteiger partial charge in [-0.05, 0) is 25.1 Å². The number of carbonyl (C=O) groups excluding carboxylic acids is 1. The predicted molar refractivity (Wildman–Crippen MR) is 91.5 cm³/mol.